The lowest BCUT2D eigenvalue weighted by atomic mass is 10.1. The van der Waals surface area contributed by atoms with Crippen LogP contribution in [0.15, 0.2) is 53.5 Å². The van der Waals surface area contributed by atoms with Gasteiger partial charge in [0.15, 0.2) is 0 Å². The Bertz CT molecular complexity index is 1070. The van der Waals surface area contributed by atoms with E-state index in [1.54, 1.807) is 24.3 Å². The molecule has 1 N–H and O–H groups in total. The molecule has 1 aliphatic rings. The molecule has 4 rings (SSSR count). The Morgan fingerprint density at radius 3 is 2.71 bits per heavy atom. The summed E-state index contributed by atoms with van der Waals surface area (Å²) < 4.78 is 1.54. The minimum atomic E-state index is -0.221. The van der Waals surface area contributed by atoms with Gasteiger partial charge < -0.3 is 10.2 Å². The third-order valence-electron chi connectivity index (χ3n) is 4.98. The maximum atomic E-state index is 12.7. The van der Waals surface area contributed by atoms with Crippen LogP contribution in [0.4, 0.5) is 11.4 Å². The topological polar surface area (TPSA) is 67.2 Å². The van der Waals surface area contributed by atoms with Gasteiger partial charge in [-0.2, -0.15) is 5.10 Å². The van der Waals surface area contributed by atoms with Gasteiger partial charge >= 0.3 is 0 Å². The van der Waals surface area contributed by atoms with Gasteiger partial charge in [-0.15, -0.1) is 0 Å². The number of para-hydroxylation sites is 1. The van der Waals surface area contributed by atoms with Crippen molar-refractivity contribution >= 4 is 39.8 Å². The first-order valence-electron chi connectivity index (χ1n) is 9.41. The van der Waals surface area contributed by atoms with Crippen LogP contribution >= 0.6 is 11.6 Å². The first-order chi connectivity index (χ1) is 13.6. The second kappa shape index (κ2) is 8.02. The highest BCUT2D eigenvalue weighted by Gasteiger charge is 2.17. The Labute approximate surface area is 167 Å². The number of carbonyl (C=O) groups is 1. The number of nitrogens with zero attached hydrogens (tertiary/aromatic N) is 3. The molecule has 0 bridgehead atoms. The Morgan fingerprint density at radius 2 is 1.89 bits per heavy atom. The zero-order valence-corrected chi connectivity index (χ0v) is 16.2. The smallest absolute Gasteiger partial charge is 0.246 e. The molecular formula is C21H21ClN4O2. The molecule has 28 heavy (non-hydrogen) atoms. The lowest BCUT2D eigenvalue weighted by molar-refractivity contribution is -0.116. The first-order valence-corrected chi connectivity index (χ1v) is 9.79. The van der Waals surface area contributed by atoms with E-state index in [1.165, 1.54) is 17.3 Å². The molecular weight excluding hydrogens is 376 g/mol. The van der Waals surface area contributed by atoms with Crippen LogP contribution in [0.5, 0.6) is 0 Å². The fraction of sp³-hybridized carbons (Fsp3) is 0.286. The first kappa shape index (κ1) is 18.5. The number of amides is 1. The highest BCUT2D eigenvalue weighted by molar-refractivity contribution is 6.31. The monoisotopic (exact) mass is 396 g/mol. The van der Waals surface area contributed by atoms with Gasteiger partial charge in [0.1, 0.15) is 6.54 Å². The van der Waals surface area contributed by atoms with Gasteiger partial charge in [0, 0.05) is 23.5 Å². The predicted molar refractivity (Wildman–Crippen MR) is 112 cm³/mol. The minimum absolute atomic E-state index is 0.00669. The van der Waals surface area contributed by atoms with Crippen LogP contribution < -0.4 is 15.6 Å². The van der Waals surface area contributed by atoms with E-state index in [0.29, 0.717) is 21.6 Å². The van der Waals surface area contributed by atoms with Gasteiger partial charge in [-0.3, -0.25) is 14.3 Å². The van der Waals surface area contributed by atoms with Crippen molar-refractivity contribution in [3.63, 3.8) is 0 Å². The number of anilines is 2. The zero-order chi connectivity index (χ0) is 19.5. The van der Waals surface area contributed by atoms with Crippen molar-refractivity contribution in [2.75, 3.05) is 23.3 Å². The number of hydrogen-bond donors (Lipinski definition) is 1. The van der Waals surface area contributed by atoms with Crippen LogP contribution in [0.25, 0.3) is 10.9 Å². The highest BCUT2D eigenvalue weighted by atomic mass is 35.5. The number of nitrogens with one attached hydrogen (secondary N) is 1. The average molecular weight is 397 g/mol. The largest absolute Gasteiger partial charge is 0.370 e. The summed E-state index contributed by atoms with van der Waals surface area (Å²) in [6.07, 6.45) is 4.76. The SMILES string of the molecule is O=C(Cn1ncc(=O)c2ccccc21)Nc1cc(Cl)ccc1N1CCCCC1. The van der Waals surface area contributed by atoms with Gasteiger partial charge in [0.2, 0.25) is 11.3 Å². The van der Waals surface area contributed by atoms with E-state index in [0.717, 1.165) is 31.6 Å². The number of halogens is 1. The molecule has 7 heteroatoms. The van der Waals surface area contributed by atoms with E-state index in [1.807, 2.05) is 18.2 Å². The van der Waals surface area contributed by atoms with E-state index in [9.17, 15) is 9.59 Å². The van der Waals surface area contributed by atoms with Gasteiger partial charge in [-0.05, 0) is 49.6 Å². The molecule has 0 radical (unpaired) electrons. The molecule has 6 nitrogen and oxygen atoms in total. The van der Waals surface area contributed by atoms with Crippen molar-refractivity contribution < 1.29 is 4.79 Å². The quantitative estimate of drug-likeness (QED) is 0.730. The van der Waals surface area contributed by atoms with Crippen LogP contribution in [-0.4, -0.2) is 28.8 Å². The van der Waals surface area contributed by atoms with Crippen molar-refractivity contribution in [1.82, 2.24) is 9.78 Å². The molecule has 2 aromatic carbocycles. The van der Waals surface area contributed by atoms with E-state index in [2.05, 4.69) is 15.3 Å². The summed E-state index contributed by atoms with van der Waals surface area (Å²) in [6, 6.07) is 12.7. The molecule has 2 heterocycles. The maximum Gasteiger partial charge on any atom is 0.246 e. The van der Waals surface area contributed by atoms with Gasteiger partial charge in [0.25, 0.3) is 0 Å². The number of rotatable bonds is 4. The average Bonchev–Trinajstić information content (AvgIpc) is 2.71. The molecule has 0 spiro atoms. The fourth-order valence-corrected chi connectivity index (χ4v) is 3.80. The van der Waals surface area contributed by atoms with Crippen molar-refractivity contribution in [2.45, 2.75) is 25.8 Å². The maximum absolute atomic E-state index is 12.7. The molecule has 1 aliphatic heterocycles. The van der Waals surface area contributed by atoms with Crippen LogP contribution in [0.3, 0.4) is 0 Å². The number of piperidine rings is 1. The lowest BCUT2D eigenvalue weighted by Crippen LogP contribution is -2.31. The molecule has 1 amide bonds. The standard InChI is InChI=1S/C21H21ClN4O2/c22-15-8-9-19(25-10-4-1-5-11-25)17(12-15)24-21(28)14-26-18-7-3-2-6-16(18)20(27)13-23-26/h2-3,6-9,12-13H,1,4-5,10-11,14H2,(H,24,28). The van der Waals surface area contributed by atoms with E-state index in [-0.39, 0.29) is 17.9 Å². The number of carbonyl (C=O) groups excluding carboxylic acids is 1. The Hall–Kier alpha value is -2.86. The van der Waals surface area contributed by atoms with Crippen molar-refractivity contribution in [1.29, 1.82) is 0 Å². The second-order valence-corrected chi connectivity index (χ2v) is 7.38. The summed E-state index contributed by atoms with van der Waals surface area (Å²) in [6.45, 7) is 1.94. The van der Waals surface area contributed by atoms with Crippen LogP contribution in [0.2, 0.25) is 5.02 Å². The molecule has 0 atom stereocenters. The molecule has 1 fully saturated rings. The molecule has 3 aromatic rings. The molecule has 1 aromatic heterocycles. The predicted octanol–water partition coefficient (Wildman–Crippen LogP) is 3.68. The Balaban J connectivity index is 1.59. The van der Waals surface area contributed by atoms with Gasteiger partial charge in [-0.1, -0.05) is 23.7 Å². The normalized spacial score (nSPS) is 14.2. The number of benzene rings is 2. The van der Waals surface area contributed by atoms with Gasteiger partial charge in [0.05, 0.1) is 23.1 Å². The number of hydrogen-bond acceptors (Lipinski definition) is 4. The summed E-state index contributed by atoms with van der Waals surface area (Å²) in [4.78, 5) is 27.0. The number of aromatic nitrogens is 2. The Morgan fingerprint density at radius 1 is 1.11 bits per heavy atom. The number of fused-ring (bicyclic) bond motifs is 1. The fourth-order valence-electron chi connectivity index (χ4n) is 3.63. The highest BCUT2D eigenvalue weighted by Crippen LogP contribution is 2.31. The molecule has 0 saturated carbocycles. The van der Waals surface area contributed by atoms with Crippen LogP contribution in [0.1, 0.15) is 19.3 Å². The lowest BCUT2D eigenvalue weighted by Gasteiger charge is -2.30. The van der Waals surface area contributed by atoms with E-state index >= 15 is 0 Å². The van der Waals surface area contributed by atoms with Crippen molar-refractivity contribution in [3.8, 4) is 0 Å². The summed E-state index contributed by atoms with van der Waals surface area (Å²) >= 11 is 6.17. The zero-order valence-electron chi connectivity index (χ0n) is 15.4. The third kappa shape index (κ3) is 3.87. The van der Waals surface area contributed by atoms with Crippen LogP contribution in [0, 0.1) is 0 Å². The Kier molecular flexibility index (Phi) is 5.30. The third-order valence-corrected chi connectivity index (χ3v) is 5.22. The summed E-state index contributed by atoms with van der Waals surface area (Å²) in [5.41, 5.74) is 2.15. The second-order valence-electron chi connectivity index (χ2n) is 6.94. The summed E-state index contributed by atoms with van der Waals surface area (Å²) in [5, 5.41) is 8.21. The van der Waals surface area contributed by atoms with Crippen molar-refractivity contribution in [2.24, 2.45) is 0 Å². The van der Waals surface area contributed by atoms with Crippen molar-refractivity contribution in [3.05, 3.63) is 63.9 Å². The molecule has 0 aliphatic carbocycles. The minimum Gasteiger partial charge on any atom is -0.370 e. The van der Waals surface area contributed by atoms with E-state index in [4.69, 9.17) is 11.6 Å². The van der Waals surface area contributed by atoms with Crippen LogP contribution in [-0.2, 0) is 11.3 Å². The summed E-state index contributed by atoms with van der Waals surface area (Å²) in [7, 11) is 0. The van der Waals surface area contributed by atoms with Gasteiger partial charge in [-0.25, -0.2) is 0 Å². The molecule has 0 unspecified atom stereocenters. The molecule has 144 valence electrons. The van der Waals surface area contributed by atoms with E-state index < -0.39 is 0 Å². The molecule has 1 saturated heterocycles. The summed E-state index contributed by atoms with van der Waals surface area (Å²) in [5.74, 6) is -0.221.